The Morgan fingerprint density at radius 1 is 1.50 bits per heavy atom. The molecular weight excluding hydrogens is 304 g/mol. The van der Waals surface area contributed by atoms with E-state index in [4.69, 9.17) is 17.0 Å². The lowest BCUT2D eigenvalue weighted by atomic mass is 9.88. The number of hydrogen-bond donors (Lipinski definition) is 1. The molecule has 0 aromatic heterocycles. The van der Waals surface area contributed by atoms with Crippen molar-refractivity contribution in [1.29, 1.82) is 0 Å². The molecule has 0 radical (unpaired) electrons. The predicted molar refractivity (Wildman–Crippen MR) is 85.2 cm³/mol. The van der Waals surface area contributed by atoms with Crippen molar-refractivity contribution >= 4 is 35.2 Å². The zero-order chi connectivity index (χ0) is 16.4. The summed E-state index contributed by atoms with van der Waals surface area (Å²) in [5.41, 5.74) is 1.19. The number of rotatable bonds is 3. The summed E-state index contributed by atoms with van der Waals surface area (Å²) in [6.07, 6.45) is 0.751. The Morgan fingerprint density at radius 2 is 2.18 bits per heavy atom. The highest BCUT2D eigenvalue weighted by atomic mass is 32.1. The van der Waals surface area contributed by atoms with Gasteiger partial charge in [-0.2, -0.15) is 0 Å². The summed E-state index contributed by atoms with van der Waals surface area (Å²) in [7, 11) is 1.43. The summed E-state index contributed by atoms with van der Waals surface area (Å²) >= 11 is 5.17. The smallest absolute Gasteiger partial charge is 0.226 e. The number of phenolic OH excluding ortho intramolecular Hbond substituents is 1. The molecule has 6 nitrogen and oxygen atoms in total. The van der Waals surface area contributed by atoms with Gasteiger partial charge in [-0.1, -0.05) is 6.07 Å². The van der Waals surface area contributed by atoms with Crippen LogP contribution < -0.4 is 4.74 Å². The number of aldehydes is 1. The number of phenols is 1. The van der Waals surface area contributed by atoms with Gasteiger partial charge in [0.2, 0.25) is 11.0 Å². The van der Waals surface area contributed by atoms with Gasteiger partial charge in [0.25, 0.3) is 0 Å². The molecule has 0 bridgehead atoms. The van der Waals surface area contributed by atoms with Crippen LogP contribution in [0, 0.1) is 5.92 Å². The highest BCUT2D eigenvalue weighted by Crippen LogP contribution is 2.37. The van der Waals surface area contributed by atoms with E-state index in [0.717, 1.165) is 6.29 Å². The van der Waals surface area contributed by atoms with Gasteiger partial charge in [0.15, 0.2) is 11.5 Å². The summed E-state index contributed by atoms with van der Waals surface area (Å²) in [6, 6.07) is 4.08. The van der Waals surface area contributed by atoms with E-state index in [1.807, 2.05) is 0 Å². The quantitative estimate of drug-likeness (QED) is 0.679. The first-order valence-electron chi connectivity index (χ1n) is 6.61. The Bertz CT molecular complexity index is 672. The molecule has 1 amide bonds. The molecule has 0 spiro atoms. The summed E-state index contributed by atoms with van der Waals surface area (Å²) in [4.78, 5) is 28.9. The average molecular weight is 320 g/mol. The van der Waals surface area contributed by atoms with Gasteiger partial charge in [0, 0.05) is 12.6 Å². The van der Waals surface area contributed by atoms with Crippen LogP contribution >= 0.6 is 12.2 Å². The van der Waals surface area contributed by atoms with Crippen molar-refractivity contribution in [3.8, 4) is 11.5 Å². The molecule has 0 fully saturated rings. The lowest BCUT2D eigenvalue weighted by Crippen LogP contribution is -2.46. The van der Waals surface area contributed by atoms with Gasteiger partial charge in [0.1, 0.15) is 6.29 Å². The molecule has 116 valence electrons. The van der Waals surface area contributed by atoms with Crippen LogP contribution in [-0.4, -0.2) is 40.1 Å². The van der Waals surface area contributed by atoms with E-state index in [2.05, 4.69) is 4.99 Å². The topological polar surface area (TPSA) is 79.2 Å². The van der Waals surface area contributed by atoms with E-state index >= 15 is 0 Å². The number of aliphatic imine (C=N–C) groups is 1. The molecule has 2 atom stereocenters. The van der Waals surface area contributed by atoms with Crippen LogP contribution in [0.1, 0.15) is 25.5 Å². The molecule has 1 aromatic carbocycles. The molecule has 1 aliphatic heterocycles. The maximum Gasteiger partial charge on any atom is 0.226 e. The van der Waals surface area contributed by atoms with Crippen molar-refractivity contribution in [2.75, 3.05) is 7.11 Å². The number of aromatic hydroxyl groups is 1. The number of methoxy groups -OCH3 is 1. The van der Waals surface area contributed by atoms with Crippen molar-refractivity contribution in [3.05, 3.63) is 23.8 Å². The molecule has 1 N–H and O–H groups in total. The molecule has 0 aliphatic carbocycles. The second kappa shape index (κ2) is 6.23. The first-order chi connectivity index (χ1) is 10.4. The Hall–Kier alpha value is -2.28. The van der Waals surface area contributed by atoms with E-state index in [0.29, 0.717) is 11.3 Å². The van der Waals surface area contributed by atoms with E-state index in [1.54, 1.807) is 19.1 Å². The first kappa shape index (κ1) is 16.1. The second-order valence-corrected chi connectivity index (χ2v) is 5.33. The number of thiocarbonyl (C=S) groups is 1. The average Bonchev–Trinajstić information content (AvgIpc) is 2.46. The number of benzene rings is 1. The van der Waals surface area contributed by atoms with E-state index in [-0.39, 0.29) is 22.5 Å². The van der Waals surface area contributed by atoms with Crippen molar-refractivity contribution < 1.29 is 19.4 Å². The fourth-order valence-electron chi connectivity index (χ4n) is 2.53. The van der Waals surface area contributed by atoms with Crippen LogP contribution in [0.15, 0.2) is 23.2 Å². The van der Waals surface area contributed by atoms with Crippen LogP contribution in [0.3, 0.4) is 0 Å². The molecule has 2 rings (SSSR count). The summed E-state index contributed by atoms with van der Waals surface area (Å²) < 4.78 is 5.09. The third kappa shape index (κ3) is 2.71. The molecule has 7 heteroatoms. The maximum atomic E-state index is 12.0. The zero-order valence-electron chi connectivity index (χ0n) is 12.4. The maximum absolute atomic E-state index is 12.0. The summed E-state index contributed by atoms with van der Waals surface area (Å²) in [5, 5.41) is 9.84. The minimum absolute atomic E-state index is 0.0212. The van der Waals surface area contributed by atoms with Crippen molar-refractivity contribution in [3.63, 3.8) is 0 Å². The summed E-state index contributed by atoms with van der Waals surface area (Å²) in [6.45, 7) is 3.07. The Morgan fingerprint density at radius 3 is 2.73 bits per heavy atom. The number of amides is 1. The Kier molecular flexibility index (Phi) is 4.56. The number of ether oxygens (including phenoxy) is 1. The van der Waals surface area contributed by atoms with E-state index < -0.39 is 12.0 Å². The third-order valence-electron chi connectivity index (χ3n) is 3.61. The molecule has 0 saturated carbocycles. The predicted octanol–water partition coefficient (Wildman–Crippen LogP) is 1.86. The highest BCUT2D eigenvalue weighted by molar-refractivity contribution is 7.80. The van der Waals surface area contributed by atoms with Crippen molar-refractivity contribution in [1.82, 2.24) is 4.90 Å². The summed E-state index contributed by atoms with van der Waals surface area (Å²) in [5.74, 6) is -0.668. The SMILES string of the molecule is COc1cc(C2C(C=O)C(C)=NC(=S)N2C(C)=O)ccc1O. The van der Waals surface area contributed by atoms with Crippen LogP contribution in [0.25, 0.3) is 0 Å². The normalized spacial score (nSPS) is 21.3. The number of nitrogens with zero attached hydrogens (tertiary/aromatic N) is 2. The number of hydrogen-bond acceptors (Lipinski definition) is 5. The van der Waals surface area contributed by atoms with Crippen LogP contribution in [0.5, 0.6) is 11.5 Å². The van der Waals surface area contributed by atoms with Gasteiger partial charge < -0.3 is 14.6 Å². The molecule has 1 aromatic rings. The lowest BCUT2D eigenvalue weighted by Gasteiger charge is -2.37. The minimum atomic E-state index is -0.607. The fourth-order valence-corrected chi connectivity index (χ4v) is 2.91. The second-order valence-electron chi connectivity index (χ2n) is 4.96. The molecule has 0 saturated heterocycles. The fraction of sp³-hybridized carbons (Fsp3) is 0.333. The zero-order valence-corrected chi connectivity index (χ0v) is 13.3. The lowest BCUT2D eigenvalue weighted by molar-refractivity contribution is -0.127. The van der Waals surface area contributed by atoms with Crippen LogP contribution in [-0.2, 0) is 9.59 Å². The van der Waals surface area contributed by atoms with E-state index in [1.165, 1.54) is 25.0 Å². The Labute approximate surface area is 133 Å². The molecule has 1 heterocycles. The van der Waals surface area contributed by atoms with E-state index in [9.17, 15) is 14.7 Å². The van der Waals surface area contributed by atoms with Gasteiger partial charge in [-0.05, 0) is 36.8 Å². The largest absolute Gasteiger partial charge is 0.504 e. The monoisotopic (exact) mass is 320 g/mol. The first-order valence-corrected chi connectivity index (χ1v) is 7.02. The van der Waals surface area contributed by atoms with Gasteiger partial charge in [-0.3, -0.25) is 9.69 Å². The van der Waals surface area contributed by atoms with Gasteiger partial charge in [-0.15, -0.1) is 0 Å². The molecular formula is C15H16N2O4S. The van der Waals surface area contributed by atoms with Crippen molar-refractivity contribution in [2.45, 2.75) is 19.9 Å². The van der Waals surface area contributed by atoms with Gasteiger partial charge in [0.05, 0.1) is 19.1 Å². The standard InChI is InChI=1S/C15H16N2O4S/c1-8-11(7-18)14(17(9(2)19)15(22)16-8)10-4-5-12(20)13(6-10)21-3/h4-7,11,14,20H,1-3H3. The number of carbonyl (C=O) groups excluding carboxylic acids is 2. The third-order valence-corrected chi connectivity index (χ3v) is 3.90. The molecule has 1 aliphatic rings. The highest BCUT2D eigenvalue weighted by Gasteiger charge is 2.38. The number of carbonyl (C=O) groups is 2. The van der Waals surface area contributed by atoms with Crippen LogP contribution in [0.4, 0.5) is 0 Å². The minimum Gasteiger partial charge on any atom is -0.504 e. The van der Waals surface area contributed by atoms with Crippen molar-refractivity contribution in [2.24, 2.45) is 10.9 Å². The van der Waals surface area contributed by atoms with Gasteiger partial charge >= 0.3 is 0 Å². The molecule has 22 heavy (non-hydrogen) atoms. The van der Waals surface area contributed by atoms with Gasteiger partial charge in [-0.25, -0.2) is 4.99 Å². The molecule has 2 unspecified atom stereocenters. The Balaban J connectivity index is 2.61. The van der Waals surface area contributed by atoms with Crippen LogP contribution in [0.2, 0.25) is 0 Å².